The predicted octanol–water partition coefficient (Wildman–Crippen LogP) is 0.164. The van der Waals surface area contributed by atoms with Gasteiger partial charge in [-0.2, -0.15) is 0 Å². The van der Waals surface area contributed by atoms with Crippen LogP contribution in [0.2, 0.25) is 0 Å². The van der Waals surface area contributed by atoms with Crippen molar-refractivity contribution in [2.24, 2.45) is 5.92 Å². The van der Waals surface area contributed by atoms with Gasteiger partial charge in [-0.3, -0.25) is 4.90 Å². The van der Waals surface area contributed by atoms with E-state index in [-0.39, 0.29) is 19.1 Å². The largest absolute Gasteiger partial charge is 0.459 e. The van der Waals surface area contributed by atoms with Gasteiger partial charge < -0.3 is 19.7 Å². The molecule has 0 spiro atoms. The molecule has 25 heavy (non-hydrogen) atoms. The third-order valence-corrected chi connectivity index (χ3v) is 5.62. The number of hydrogen-bond donors (Lipinski definition) is 2. The molecular formula is C18H25NO6. The number of rotatable bonds is 0. The first-order chi connectivity index (χ1) is 11.8. The summed E-state index contributed by atoms with van der Waals surface area (Å²) in [6, 6.07) is -0.331. The van der Waals surface area contributed by atoms with E-state index < -0.39 is 35.7 Å². The Hall–Kier alpha value is -1.70. The van der Waals surface area contributed by atoms with Gasteiger partial charge in [0, 0.05) is 18.7 Å². The van der Waals surface area contributed by atoms with E-state index in [0.717, 1.165) is 5.57 Å². The number of aliphatic hydroxyl groups is 2. The second-order valence-electron chi connectivity index (χ2n) is 7.25. The lowest BCUT2D eigenvalue weighted by atomic mass is 9.85. The van der Waals surface area contributed by atoms with Crippen molar-refractivity contribution in [3.63, 3.8) is 0 Å². The quantitative estimate of drug-likeness (QED) is 0.365. The highest BCUT2D eigenvalue weighted by Crippen LogP contribution is 2.33. The van der Waals surface area contributed by atoms with E-state index >= 15 is 0 Å². The average molecular weight is 351 g/mol. The molecule has 7 nitrogen and oxygen atoms in total. The summed E-state index contributed by atoms with van der Waals surface area (Å²) in [4.78, 5) is 26.9. The van der Waals surface area contributed by atoms with Gasteiger partial charge in [0.05, 0.1) is 6.04 Å². The molecule has 138 valence electrons. The molecular weight excluding hydrogens is 326 g/mol. The van der Waals surface area contributed by atoms with Crippen molar-refractivity contribution in [3.05, 3.63) is 23.3 Å². The minimum atomic E-state index is -1.72. The van der Waals surface area contributed by atoms with E-state index in [1.54, 1.807) is 19.9 Å². The second kappa shape index (κ2) is 6.55. The Morgan fingerprint density at radius 1 is 1.40 bits per heavy atom. The van der Waals surface area contributed by atoms with E-state index in [2.05, 4.69) is 0 Å². The second-order valence-corrected chi connectivity index (χ2v) is 7.25. The van der Waals surface area contributed by atoms with Crippen molar-refractivity contribution in [1.82, 2.24) is 4.90 Å². The molecule has 3 rings (SSSR count). The lowest BCUT2D eigenvalue weighted by Crippen LogP contribution is -2.44. The van der Waals surface area contributed by atoms with Crippen LogP contribution in [0, 0.1) is 5.92 Å². The number of allylic oxidation sites excluding steroid dienone is 1. The van der Waals surface area contributed by atoms with Crippen molar-refractivity contribution in [3.8, 4) is 0 Å². The van der Waals surface area contributed by atoms with Crippen LogP contribution in [0.5, 0.6) is 0 Å². The van der Waals surface area contributed by atoms with Gasteiger partial charge >= 0.3 is 11.9 Å². The lowest BCUT2D eigenvalue weighted by molar-refractivity contribution is -0.168. The topological polar surface area (TPSA) is 96.3 Å². The number of ether oxygens (including phenoxy) is 2. The summed E-state index contributed by atoms with van der Waals surface area (Å²) in [5.41, 5.74) is -0.581. The van der Waals surface area contributed by atoms with E-state index in [4.69, 9.17) is 9.47 Å². The molecule has 0 aromatic carbocycles. The number of nitrogens with zero attached hydrogens (tertiary/aromatic N) is 1. The molecule has 3 heterocycles. The van der Waals surface area contributed by atoms with Gasteiger partial charge in [0.1, 0.15) is 18.8 Å². The lowest BCUT2D eigenvalue weighted by Gasteiger charge is -2.29. The van der Waals surface area contributed by atoms with Crippen LogP contribution in [-0.2, 0) is 19.1 Å². The Balaban J connectivity index is 1.92. The minimum Gasteiger partial charge on any atom is -0.459 e. The van der Waals surface area contributed by atoms with Crippen molar-refractivity contribution in [2.75, 3.05) is 19.7 Å². The van der Waals surface area contributed by atoms with Gasteiger partial charge in [0.25, 0.3) is 0 Å². The van der Waals surface area contributed by atoms with Gasteiger partial charge in [-0.1, -0.05) is 19.1 Å². The van der Waals surface area contributed by atoms with Crippen molar-refractivity contribution >= 4 is 11.9 Å². The molecule has 2 bridgehead atoms. The van der Waals surface area contributed by atoms with Gasteiger partial charge in [-0.15, -0.1) is 0 Å². The zero-order valence-corrected chi connectivity index (χ0v) is 14.8. The monoisotopic (exact) mass is 351 g/mol. The van der Waals surface area contributed by atoms with Gasteiger partial charge in [0.2, 0.25) is 0 Å². The molecule has 2 saturated heterocycles. The van der Waals surface area contributed by atoms with E-state index in [1.807, 2.05) is 11.0 Å². The maximum Gasteiger partial charge on any atom is 0.338 e. The van der Waals surface area contributed by atoms with Crippen LogP contribution in [0.4, 0.5) is 0 Å². The van der Waals surface area contributed by atoms with Gasteiger partial charge in [-0.05, 0) is 31.8 Å². The number of fused-ring (bicyclic) bond motifs is 1. The van der Waals surface area contributed by atoms with Crippen LogP contribution < -0.4 is 0 Å². The first kappa shape index (κ1) is 18.1. The number of cyclic esters (lactones) is 1. The summed E-state index contributed by atoms with van der Waals surface area (Å²) < 4.78 is 10.9. The summed E-state index contributed by atoms with van der Waals surface area (Å²) in [6.07, 6.45) is 2.22. The Morgan fingerprint density at radius 2 is 2.12 bits per heavy atom. The minimum absolute atomic E-state index is 0.0110. The third-order valence-electron chi connectivity index (χ3n) is 5.62. The molecule has 0 aliphatic carbocycles. The molecule has 3 aliphatic rings. The standard InChI is InChI=1S/C18H25NO6/c1-4-11-7-10(2)18(3,23)17(22)24-9-12-5-6-19-8-13(25-16(11)21)15(20)14(12)19/h4-5,10,13-15,20,23H,6-9H2,1-3H3/b11-4+/t10-,13+,14?,15+,18+/m0/s1. The molecule has 0 amide bonds. The van der Waals surface area contributed by atoms with Crippen LogP contribution in [0.1, 0.15) is 27.2 Å². The summed E-state index contributed by atoms with van der Waals surface area (Å²) >= 11 is 0. The fourth-order valence-electron chi connectivity index (χ4n) is 3.68. The smallest absolute Gasteiger partial charge is 0.338 e. The van der Waals surface area contributed by atoms with Crippen molar-refractivity contribution in [1.29, 1.82) is 0 Å². The maximum absolute atomic E-state index is 12.5. The zero-order valence-electron chi connectivity index (χ0n) is 14.8. The van der Waals surface area contributed by atoms with E-state index in [9.17, 15) is 19.8 Å². The number of carbonyl (C=O) groups excluding carboxylic acids is 2. The molecule has 1 unspecified atom stereocenters. The van der Waals surface area contributed by atoms with Crippen LogP contribution in [0.25, 0.3) is 0 Å². The van der Waals surface area contributed by atoms with Gasteiger partial charge in [0.15, 0.2) is 5.60 Å². The molecule has 2 N–H and O–H groups in total. The summed E-state index contributed by atoms with van der Waals surface area (Å²) in [7, 11) is 0. The summed E-state index contributed by atoms with van der Waals surface area (Å²) in [6.45, 7) is 5.85. The highest BCUT2D eigenvalue weighted by atomic mass is 16.6. The Bertz CT molecular complexity index is 637. The Kier molecular flexibility index (Phi) is 4.74. The molecule has 5 atom stereocenters. The van der Waals surface area contributed by atoms with Crippen LogP contribution in [0.15, 0.2) is 23.3 Å². The number of carbonyl (C=O) groups is 2. The van der Waals surface area contributed by atoms with Crippen molar-refractivity contribution < 1.29 is 29.3 Å². The van der Waals surface area contributed by atoms with E-state index in [0.29, 0.717) is 18.7 Å². The third kappa shape index (κ3) is 3.12. The first-order valence-electron chi connectivity index (χ1n) is 8.62. The number of hydrogen-bond acceptors (Lipinski definition) is 7. The highest BCUT2D eigenvalue weighted by molar-refractivity contribution is 5.89. The molecule has 3 aliphatic heterocycles. The summed E-state index contributed by atoms with van der Waals surface area (Å²) in [5.74, 6) is -1.78. The molecule has 0 aromatic rings. The van der Waals surface area contributed by atoms with Crippen LogP contribution in [0.3, 0.4) is 0 Å². The zero-order chi connectivity index (χ0) is 18.4. The molecule has 7 heteroatoms. The molecule has 0 saturated carbocycles. The number of aliphatic hydroxyl groups excluding tert-OH is 1. The maximum atomic E-state index is 12.5. The summed E-state index contributed by atoms with van der Waals surface area (Å²) in [5, 5.41) is 21.2. The SMILES string of the molecule is C/C=C1\C[C@H](C)[C@@](C)(O)C(=O)OCC2=CCN3C[C@@H](OC1=O)[C@@H](O)C23. The molecule has 0 radical (unpaired) electrons. The fraction of sp³-hybridized carbons (Fsp3) is 0.667. The van der Waals surface area contributed by atoms with Crippen LogP contribution in [-0.4, -0.2) is 70.6 Å². The first-order valence-corrected chi connectivity index (χ1v) is 8.62. The Morgan fingerprint density at radius 3 is 2.80 bits per heavy atom. The fourth-order valence-corrected chi connectivity index (χ4v) is 3.68. The Labute approximate surface area is 146 Å². The normalized spacial score (nSPS) is 41.5. The molecule has 0 aromatic heterocycles. The van der Waals surface area contributed by atoms with Gasteiger partial charge in [-0.25, -0.2) is 9.59 Å². The van der Waals surface area contributed by atoms with Crippen molar-refractivity contribution in [2.45, 2.75) is 51.0 Å². The molecule has 2 fully saturated rings. The average Bonchev–Trinajstić information content (AvgIpc) is 3.09. The highest BCUT2D eigenvalue weighted by Gasteiger charge is 2.48. The predicted molar refractivity (Wildman–Crippen MR) is 88.5 cm³/mol. The van der Waals surface area contributed by atoms with E-state index in [1.165, 1.54) is 6.92 Å². The van der Waals surface area contributed by atoms with Crippen LogP contribution >= 0.6 is 0 Å². The number of esters is 2.